The maximum atomic E-state index is 12.5. The number of benzene rings is 1. The molecule has 4 nitrogen and oxygen atoms in total. The first-order valence-corrected chi connectivity index (χ1v) is 8.24. The van der Waals surface area contributed by atoms with Crippen molar-refractivity contribution in [2.75, 3.05) is 13.7 Å². The second-order valence-corrected chi connectivity index (χ2v) is 6.84. The zero-order valence-corrected chi connectivity index (χ0v) is 14.4. The molecular formula is C20H23NO3. The number of hydrogen-bond acceptors (Lipinski definition) is 4. The number of carbonyl (C=O) groups is 1. The molecule has 0 saturated heterocycles. The number of rotatable bonds is 6. The van der Waals surface area contributed by atoms with Crippen molar-refractivity contribution in [3.8, 4) is 5.75 Å². The standard InChI is InChI=1S/C20H23NO3/c1-20(2,16-5-4-10-21-12-16)19(22)24-13-15-11-18(15)14-6-8-17(23-3)9-7-14/h4-10,12,15,18H,11,13H2,1-3H3/t15-,18-/m0/s1. The molecular weight excluding hydrogens is 302 g/mol. The highest BCUT2D eigenvalue weighted by Gasteiger charge is 2.40. The minimum Gasteiger partial charge on any atom is -0.497 e. The minimum atomic E-state index is -0.682. The van der Waals surface area contributed by atoms with Crippen LogP contribution in [0.3, 0.4) is 0 Å². The Labute approximate surface area is 142 Å². The predicted molar refractivity (Wildman–Crippen MR) is 92.1 cm³/mol. The van der Waals surface area contributed by atoms with Gasteiger partial charge in [0, 0.05) is 18.3 Å². The molecule has 4 heteroatoms. The SMILES string of the molecule is COc1ccc([C@@H]2C[C@H]2COC(=O)C(C)(C)c2cccnc2)cc1. The summed E-state index contributed by atoms with van der Waals surface area (Å²) in [6.07, 6.45) is 4.49. The van der Waals surface area contributed by atoms with Gasteiger partial charge in [-0.05, 0) is 55.5 Å². The molecule has 0 aliphatic heterocycles. The molecule has 0 spiro atoms. The first-order valence-electron chi connectivity index (χ1n) is 8.24. The summed E-state index contributed by atoms with van der Waals surface area (Å²) in [5.74, 6) is 1.55. The lowest BCUT2D eigenvalue weighted by Gasteiger charge is -2.22. The van der Waals surface area contributed by atoms with Gasteiger partial charge in [0.05, 0.1) is 19.1 Å². The van der Waals surface area contributed by atoms with E-state index in [2.05, 4.69) is 17.1 Å². The van der Waals surface area contributed by atoms with Crippen molar-refractivity contribution in [1.82, 2.24) is 4.98 Å². The Hall–Kier alpha value is -2.36. The number of pyridine rings is 1. The molecule has 0 N–H and O–H groups in total. The van der Waals surface area contributed by atoms with Crippen LogP contribution in [0.5, 0.6) is 5.75 Å². The van der Waals surface area contributed by atoms with Gasteiger partial charge in [-0.1, -0.05) is 18.2 Å². The van der Waals surface area contributed by atoms with Gasteiger partial charge in [0.2, 0.25) is 0 Å². The molecule has 2 aromatic rings. The van der Waals surface area contributed by atoms with Gasteiger partial charge in [0.25, 0.3) is 0 Å². The van der Waals surface area contributed by atoms with E-state index in [1.165, 1.54) is 5.56 Å². The Balaban J connectivity index is 1.54. The highest BCUT2D eigenvalue weighted by molar-refractivity contribution is 5.82. The summed E-state index contributed by atoms with van der Waals surface area (Å²) in [6, 6.07) is 11.9. The average Bonchev–Trinajstić information content (AvgIpc) is 3.40. The number of aromatic nitrogens is 1. The van der Waals surface area contributed by atoms with E-state index in [0.717, 1.165) is 17.7 Å². The van der Waals surface area contributed by atoms with E-state index in [0.29, 0.717) is 18.4 Å². The van der Waals surface area contributed by atoms with Crippen LogP contribution in [-0.4, -0.2) is 24.7 Å². The van der Waals surface area contributed by atoms with Crippen LogP contribution in [0.1, 0.15) is 37.3 Å². The molecule has 1 aliphatic carbocycles. The largest absolute Gasteiger partial charge is 0.497 e. The van der Waals surface area contributed by atoms with Crippen molar-refractivity contribution in [3.63, 3.8) is 0 Å². The summed E-state index contributed by atoms with van der Waals surface area (Å²) in [4.78, 5) is 16.5. The average molecular weight is 325 g/mol. The van der Waals surface area contributed by atoms with Crippen molar-refractivity contribution in [2.24, 2.45) is 5.92 Å². The molecule has 1 aromatic heterocycles. The number of carbonyl (C=O) groups excluding carboxylic acids is 1. The normalized spacial score (nSPS) is 19.6. The summed E-state index contributed by atoms with van der Waals surface area (Å²) >= 11 is 0. The third-order valence-electron chi connectivity index (χ3n) is 4.79. The van der Waals surface area contributed by atoms with Gasteiger partial charge in [-0.25, -0.2) is 0 Å². The lowest BCUT2D eigenvalue weighted by molar-refractivity contribution is -0.149. The molecule has 0 radical (unpaired) electrons. The van der Waals surface area contributed by atoms with Crippen LogP contribution in [-0.2, 0) is 14.9 Å². The number of esters is 1. The summed E-state index contributed by atoms with van der Waals surface area (Å²) in [5.41, 5.74) is 1.47. The number of nitrogens with zero attached hydrogens (tertiary/aromatic N) is 1. The van der Waals surface area contributed by atoms with Crippen molar-refractivity contribution in [3.05, 3.63) is 59.9 Å². The van der Waals surface area contributed by atoms with Gasteiger partial charge in [0.1, 0.15) is 5.75 Å². The number of hydrogen-bond donors (Lipinski definition) is 0. The van der Waals surface area contributed by atoms with Gasteiger partial charge in [-0.2, -0.15) is 0 Å². The monoisotopic (exact) mass is 325 g/mol. The molecule has 126 valence electrons. The van der Waals surface area contributed by atoms with Crippen LogP contribution >= 0.6 is 0 Å². The smallest absolute Gasteiger partial charge is 0.316 e. The fourth-order valence-corrected chi connectivity index (χ4v) is 2.90. The fourth-order valence-electron chi connectivity index (χ4n) is 2.90. The van der Waals surface area contributed by atoms with E-state index in [1.54, 1.807) is 19.5 Å². The van der Waals surface area contributed by atoms with Crippen LogP contribution in [0.2, 0.25) is 0 Å². The number of methoxy groups -OCH3 is 1. The zero-order valence-electron chi connectivity index (χ0n) is 14.4. The number of ether oxygens (including phenoxy) is 2. The Bertz CT molecular complexity index is 695. The van der Waals surface area contributed by atoms with Gasteiger partial charge in [-0.3, -0.25) is 9.78 Å². The van der Waals surface area contributed by atoms with Crippen LogP contribution < -0.4 is 4.74 Å². The molecule has 0 unspecified atom stereocenters. The third kappa shape index (κ3) is 3.42. The van der Waals surface area contributed by atoms with E-state index in [9.17, 15) is 4.79 Å². The minimum absolute atomic E-state index is 0.198. The maximum Gasteiger partial charge on any atom is 0.316 e. The summed E-state index contributed by atoms with van der Waals surface area (Å²) in [6.45, 7) is 4.22. The van der Waals surface area contributed by atoms with E-state index in [4.69, 9.17) is 9.47 Å². The van der Waals surface area contributed by atoms with Gasteiger partial charge in [0.15, 0.2) is 0 Å². The Morgan fingerprint density at radius 3 is 2.62 bits per heavy atom. The summed E-state index contributed by atoms with van der Waals surface area (Å²) in [5, 5.41) is 0. The van der Waals surface area contributed by atoms with Crippen LogP contribution in [0.15, 0.2) is 48.8 Å². The molecule has 1 heterocycles. The Kier molecular flexibility index (Phi) is 4.56. The zero-order chi connectivity index (χ0) is 17.2. The van der Waals surface area contributed by atoms with Gasteiger partial charge < -0.3 is 9.47 Å². The first-order chi connectivity index (χ1) is 11.5. The Morgan fingerprint density at radius 2 is 2.00 bits per heavy atom. The van der Waals surface area contributed by atoms with Crippen molar-refractivity contribution in [1.29, 1.82) is 0 Å². The molecule has 3 rings (SSSR count). The molecule has 0 amide bonds. The second-order valence-electron chi connectivity index (χ2n) is 6.84. The van der Waals surface area contributed by atoms with Gasteiger partial charge in [-0.15, -0.1) is 0 Å². The quantitative estimate of drug-likeness (QED) is 0.760. The van der Waals surface area contributed by atoms with Gasteiger partial charge >= 0.3 is 5.97 Å². The van der Waals surface area contributed by atoms with Crippen molar-refractivity contribution >= 4 is 5.97 Å². The van der Waals surface area contributed by atoms with Crippen LogP contribution in [0.4, 0.5) is 0 Å². The van der Waals surface area contributed by atoms with Crippen molar-refractivity contribution < 1.29 is 14.3 Å². The third-order valence-corrected chi connectivity index (χ3v) is 4.79. The molecule has 1 aliphatic rings. The molecule has 1 aromatic carbocycles. The lowest BCUT2D eigenvalue weighted by Crippen LogP contribution is -2.31. The molecule has 1 saturated carbocycles. The Morgan fingerprint density at radius 1 is 1.25 bits per heavy atom. The maximum absolute atomic E-state index is 12.5. The fraction of sp³-hybridized carbons (Fsp3) is 0.400. The topological polar surface area (TPSA) is 48.4 Å². The molecule has 24 heavy (non-hydrogen) atoms. The summed E-state index contributed by atoms with van der Waals surface area (Å²) < 4.78 is 10.8. The van der Waals surface area contributed by atoms with Crippen LogP contribution in [0.25, 0.3) is 0 Å². The van der Waals surface area contributed by atoms with E-state index < -0.39 is 5.41 Å². The van der Waals surface area contributed by atoms with Crippen LogP contribution in [0, 0.1) is 5.92 Å². The van der Waals surface area contributed by atoms with Crippen molar-refractivity contribution in [2.45, 2.75) is 31.6 Å². The van der Waals surface area contributed by atoms with E-state index >= 15 is 0 Å². The lowest BCUT2D eigenvalue weighted by atomic mass is 9.86. The summed E-state index contributed by atoms with van der Waals surface area (Å²) in [7, 11) is 1.67. The predicted octanol–water partition coefficient (Wildman–Crippen LogP) is 3.71. The molecule has 0 bridgehead atoms. The van der Waals surface area contributed by atoms with E-state index in [1.807, 2.05) is 38.1 Å². The first kappa shape index (κ1) is 16.5. The second kappa shape index (κ2) is 6.63. The molecule has 2 atom stereocenters. The molecule has 1 fully saturated rings. The highest BCUT2D eigenvalue weighted by Crippen LogP contribution is 2.48. The van der Waals surface area contributed by atoms with E-state index in [-0.39, 0.29) is 5.97 Å². The highest BCUT2D eigenvalue weighted by atomic mass is 16.5.